The molecule has 3 rings (SSSR count). The molecular weight excluding hydrogens is 296 g/mol. The number of aliphatic imine (C=N–C) groups is 1. The second-order valence-electron chi connectivity index (χ2n) is 6.00. The Balaban J connectivity index is 1.61. The lowest BCUT2D eigenvalue weighted by Crippen LogP contribution is -2.23. The molecule has 0 unspecified atom stereocenters. The van der Waals surface area contributed by atoms with E-state index in [-0.39, 0.29) is 0 Å². The van der Waals surface area contributed by atoms with E-state index >= 15 is 0 Å². The zero-order valence-corrected chi connectivity index (χ0v) is 14.3. The number of aryl methyl sites for hydroxylation is 2. The summed E-state index contributed by atoms with van der Waals surface area (Å²) in [6.07, 6.45) is 3.97. The molecule has 4 N–H and O–H groups in total. The summed E-state index contributed by atoms with van der Waals surface area (Å²) < 4.78 is 0. The number of anilines is 1. The number of fused-ring (bicyclic) bond motifs is 1. The molecule has 1 heterocycles. The molecule has 24 heavy (non-hydrogen) atoms. The number of para-hydroxylation sites is 1. The molecule has 124 valence electrons. The lowest BCUT2D eigenvalue weighted by molar-refractivity contribution is 0.972. The van der Waals surface area contributed by atoms with E-state index in [4.69, 9.17) is 5.73 Å². The van der Waals surface area contributed by atoms with Crippen LogP contribution in [-0.2, 0) is 12.8 Å². The van der Waals surface area contributed by atoms with Crippen LogP contribution in [0.3, 0.4) is 0 Å². The van der Waals surface area contributed by atoms with Crippen LogP contribution in [0.4, 0.5) is 5.69 Å². The molecule has 0 bridgehead atoms. The minimum Gasteiger partial charge on any atom is -0.370 e. The fourth-order valence-corrected chi connectivity index (χ4v) is 2.88. The maximum Gasteiger partial charge on any atom is 0.193 e. The summed E-state index contributed by atoms with van der Waals surface area (Å²) in [5.41, 5.74) is 12.0. The van der Waals surface area contributed by atoms with Gasteiger partial charge >= 0.3 is 0 Å². The molecule has 0 atom stereocenters. The van der Waals surface area contributed by atoms with Crippen molar-refractivity contribution >= 4 is 22.5 Å². The van der Waals surface area contributed by atoms with Crippen molar-refractivity contribution in [3.05, 3.63) is 65.4 Å². The van der Waals surface area contributed by atoms with Crippen molar-refractivity contribution in [3.63, 3.8) is 0 Å². The van der Waals surface area contributed by atoms with Gasteiger partial charge in [0.15, 0.2) is 5.96 Å². The zero-order valence-electron chi connectivity index (χ0n) is 14.3. The Bertz CT molecular complexity index is 844. The first kappa shape index (κ1) is 16.1. The number of rotatable bonds is 5. The molecular formula is C20H24N4. The summed E-state index contributed by atoms with van der Waals surface area (Å²) in [5.74, 6) is 0.454. The summed E-state index contributed by atoms with van der Waals surface area (Å²) in [6, 6.07) is 14.6. The predicted octanol–water partition coefficient (Wildman–Crippen LogP) is 4.01. The first-order chi connectivity index (χ1) is 11.7. The van der Waals surface area contributed by atoms with Gasteiger partial charge in [-0.15, -0.1) is 0 Å². The summed E-state index contributed by atoms with van der Waals surface area (Å²) in [4.78, 5) is 7.79. The molecule has 2 aromatic carbocycles. The number of guanidine groups is 1. The molecule has 0 aliphatic rings. The number of hydrogen-bond acceptors (Lipinski definition) is 1. The van der Waals surface area contributed by atoms with Gasteiger partial charge in [0, 0.05) is 29.3 Å². The summed E-state index contributed by atoms with van der Waals surface area (Å²) >= 11 is 0. The van der Waals surface area contributed by atoms with Gasteiger partial charge in [0.2, 0.25) is 0 Å². The Morgan fingerprint density at radius 1 is 1.17 bits per heavy atom. The molecule has 0 fully saturated rings. The Morgan fingerprint density at radius 3 is 2.71 bits per heavy atom. The molecule has 4 heteroatoms. The van der Waals surface area contributed by atoms with Gasteiger partial charge in [0.05, 0.1) is 0 Å². The number of benzene rings is 2. The third-order valence-corrected chi connectivity index (χ3v) is 4.31. The lowest BCUT2D eigenvalue weighted by Gasteiger charge is -2.06. The largest absolute Gasteiger partial charge is 0.370 e. The number of aromatic amines is 1. The van der Waals surface area contributed by atoms with Gasteiger partial charge in [-0.05, 0) is 48.6 Å². The molecule has 1 aromatic heterocycles. The number of nitrogens with two attached hydrogens (primary N) is 1. The SMILES string of the molecule is CCc1ccc(NC(N)=NCCc2c[nH]c3c(C)cccc23)cc1. The average molecular weight is 320 g/mol. The first-order valence-corrected chi connectivity index (χ1v) is 8.39. The highest BCUT2D eigenvalue weighted by Crippen LogP contribution is 2.21. The lowest BCUT2D eigenvalue weighted by atomic mass is 10.1. The van der Waals surface area contributed by atoms with Crippen molar-refractivity contribution in [2.75, 3.05) is 11.9 Å². The van der Waals surface area contributed by atoms with Crippen LogP contribution in [0.2, 0.25) is 0 Å². The maximum atomic E-state index is 5.98. The van der Waals surface area contributed by atoms with E-state index in [0.717, 1.165) is 18.5 Å². The smallest absolute Gasteiger partial charge is 0.193 e. The van der Waals surface area contributed by atoms with Gasteiger partial charge in [0.1, 0.15) is 0 Å². The zero-order chi connectivity index (χ0) is 16.9. The van der Waals surface area contributed by atoms with Crippen LogP contribution >= 0.6 is 0 Å². The summed E-state index contributed by atoms with van der Waals surface area (Å²) in [6.45, 7) is 4.92. The Morgan fingerprint density at radius 2 is 1.96 bits per heavy atom. The van der Waals surface area contributed by atoms with Gasteiger partial charge in [-0.25, -0.2) is 0 Å². The Labute approximate surface area is 142 Å². The number of H-pyrrole nitrogens is 1. The van der Waals surface area contributed by atoms with Gasteiger partial charge in [-0.2, -0.15) is 0 Å². The van der Waals surface area contributed by atoms with E-state index in [1.54, 1.807) is 0 Å². The number of hydrogen-bond donors (Lipinski definition) is 3. The minimum atomic E-state index is 0.454. The Kier molecular flexibility index (Phi) is 4.85. The molecule has 0 radical (unpaired) electrons. The van der Waals surface area contributed by atoms with E-state index in [9.17, 15) is 0 Å². The topological polar surface area (TPSA) is 66.2 Å². The summed E-state index contributed by atoms with van der Waals surface area (Å²) in [7, 11) is 0. The van der Waals surface area contributed by atoms with E-state index in [0.29, 0.717) is 12.5 Å². The van der Waals surface area contributed by atoms with Crippen molar-refractivity contribution in [1.82, 2.24) is 4.98 Å². The van der Waals surface area contributed by atoms with Crippen LogP contribution in [0.15, 0.2) is 53.7 Å². The van der Waals surface area contributed by atoms with E-state index in [1.807, 2.05) is 12.1 Å². The van der Waals surface area contributed by atoms with E-state index in [2.05, 4.69) is 65.7 Å². The minimum absolute atomic E-state index is 0.454. The molecule has 0 amide bonds. The number of aromatic nitrogens is 1. The highest BCUT2D eigenvalue weighted by molar-refractivity contribution is 5.92. The van der Waals surface area contributed by atoms with Crippen LogP contribution < -0.4 is 11.1 Å². The number of nitrogens with zero attached hydrogens (tertiary/aromatic N) is 1. The quantitative estimate of drug-likeness (QED) is 0.491. The third kappa shape index (κ3) is 3.59. The maximum absolute atomic E-state index is 5.98. The number of nitrogens with one attached hydrogen (secondary N) is 2. The predicted molar refractivity (Wildman–Crippen MR) is 103 cm³/mol. The van der Waals surface area contributed by atoms with Crippen molar-refractivity contribution in [1.29, 1.82) is 0 Å². The molecule has 0 aliphatic heterocycles. The molecule has 0 aliphatic carbocycles. The molecule has 0 saturated carbocycles. The highest BCUT2D eigenvalue weighted by atomic mass is 15.1. The van der Waals surface area contributed by atoms with Crippen molar-refractivity contribution in [2.45, 2.75) is 26.7 Å². The summed E-state index contributed by atoms with van der Waals surface area (Å²) in [5, 5.41) is 4.41. The van der Waals surface area contributed by atoms with Gasteiger partial charge in [-0.1, -0.05) is 37.3 Å². The van der Waals surface area contributed by atoms with E-state index in [1.165, 1.54) is 27.6 Å². The second-order valence-corrected chi connectivity index (χ2v) is 6.00. The molecule has 0 spiro atoms. The fraction of sp³-hybridized carbons (Fsp3) is 0.250. The highest BCUT2D eigenvalue weighted by Gasteiger charge is 2.04. The van der Waals surface area contributed by atoms with E-state index < -0.39 is 0 Å². The first-order valence-electron chi connectivity index (χ1n) is 8.39. The van der Waals surface area contributed by atoms with Crippen molar-refractivity contribution < 1.29 is 0 Å². The Hall–Kier alpha value is -2.75. The van der Waals surface area contributed by atoms with Gasteiger partial charge in [-0.3, -0.25) is 4.99 Å². The molecule has 4 nitrogen and oxygen atoms in total. The van der Waals surface area contributed by atoms with Gasteiger partial charge < -0.3 is 16.0 Å². The van der Waals surface area contributed by atoms with Crippen LogP contribution in [0.1, 0.15) is 23.6 Å². The van der Waals surface area contributed by atoms with Crippen LogP contribution in [0.25, 0.3) is 10.9 Å². The van der Waals surface area contributed by atoms with Crippen LogP contribution in [0, 0.1) is 6.92 Å². The van der Waals surface area contributed by atoms with Crippen molar-refractivity contribution in [2.24, 2.45) is 10.7 Å². The standard InChI is InChI=1S/C20H24N4/c1-3-15-7-9-17(10-8-15)24-20(21)22-12-11-16-13-23-19-14(2)5-4-6-18(16)19/h4-10,13,23H,3,11-12H2,1-2H3,(H3,21,22,24). The van der Waals surface area contributed by atoms with Crippen LogP contribution in [-0.4, -0.2) is 17.5 Å². The van der Waals surface area contributed by atoms with Crippen molar-refractivity contribution in [3.8, 4) is 0 Å². The second kappa shape index (κ2) is 7.21. The monoisotopic (exact) mass is 320 g/mol. The normalized spacial score (nSPS) is 11.8. The average Bonchev–Trinajstić information content (AvgIpc) is 3.00. The van der Waals surface area contributed by atoms with Crippen LogP contribution in [0.5, 0.6) is 0 Å². The van der Waals surface area contributed by atoms with Gasteiger partial charge in [0.25, 0.3) is 0 Å². The molecule has 0 saturated heterocycles. The fourth-order valence-electron chi connectivity index (χ4n) is 2.88. The molecule has 3 aromatic rings. The third-order valence-electron chi connectivity index (χ3n) is 4.31.